The van der Waals surface area contributed by atoms with Crippen molar-refractivity contribution in [2.24, 2.45) is 5.92 Å². The Bertz CT molecular complexity index is 275. The van der Waals surface area contributed by atoms with E-state index in [1.54, 1.807) is 10.9 Å². The summed E-state index contributed by atoms with van der Waals surface area (Å²) < 4.78 is 1.69. The molecular weight excluding hydrogens is 206 g/mol. The first kappa shape index (κ1) is 13.2. The number of aliphatic hydroxyl groups excluding tert-OH is 2. The predicted octanol–water partition coefficient (Wildman–Crippen LogP) is -0.150. The third kappa shape index (κ3) is 4.30. The van der Waals surface area contributed by atoms with Crippen LogP contribution >= 0.6 is 0 Å². The molecule has 0 bridgehead atoms. The lowest BCUT2D eigenvalue weighted by Crippen LogP contribution is -2.42. The van der Waals surface area contributed by atoms with Gasteiger partial charge in [-0.25, -0.2) is 0 Å². The minimum Gasteiger partial charge on any atom is -0.395 e. The molecule has 0 saturated carbocycles. The van der Waals surface area contributed by atoms with Gasteiger partial charge in [-0.05, 0) is 12.0 Å². The van der Waals surface area contributed by atoms with Crippen molar-refractivity contribution in [3.8, 4) is 0 Å². The normalized spacial score (nSPS) is 15.3. The van der Waals surface area contributed by atoms with E-state index in [9.17, 15) is 5.11 Å². The van der Waals surface area contributed by atoms with E-state index in [4.69, 9.17) is 5.11 Å². The van der Waals surface area contributed by atoms with Crippen molar-refractivity contribution in [3.05, 3.63) is 18.5 Å². The molecule has 0 amide bonds. The molecule has 0 saturated heterocycles. The second-order valence-electron chi connectivity index (χ2n) is 4.32. The van der Waals surface area contributed by atoms with Crippen LogP contribution < -0.4 is 5.32 Å². The number of aliphatic hydroxyl groups is 2. The van der Waals surface area contributed by atoms with Crippen molar-refractivity contribution in [2.45, 2.75) is 32.5 Å². The standard InChI is InChI=1S/C11H21N3O2/c1-9(2)11(8-15)12-6-10(16)7-14-5-3-4-13-14/h3-5,9-12,15-16H,6-8H2,1-2H3/t10?,11-/m1/s1. The summed E-state index contributed by atoms with van der Waals surface area (Å²) in [6.45, 7) is 5.09. The summed E-state index contributed by atoms with van der Waals surface area (Å²) in [5.74, 6) is 0.349. The Morgan fingerprint density at radius 2 is 2.19 bits per heavy atom. The van der Waals surface area contributed by atoms with Gasteiger partial charge >= 0.3 is 0 Å². The highest BCUT2D eigenvalue weighted by atomic mass is 16.3. The SMILES string of the molecule is CC(C)[C@@H](CO)NCC(O)Cn1cccn1. The molecule has 5 nitrogen and oxygen atoms in total. The van der Waals surface area contributed by atoms with Crippen LogP contribution in [-0.4, -0.2) is 45.3 Å². The molecule has 1 aromatic rings. The van der Waals surface area contributed by atoms with E-state index in [0.29, 0.717) is 19.0 Å². The Morgan fingerprint density at radius 3 is 2.69 bits per heavy atom. The van der Waals surface area contributed by atoms with Crippen molar-refractivity contribution in [1.82, 2.24) is 15.1 Å². The summed E-state index contributed by atoms with van der Waals surface area (Å²) in [5, 5.41) is 26.0. The lowest BCUT2D eigenvalue weighted by molar-refractivity contribution is 0.129. The molecule has 16 heavy (non-hydrogen) atoms. The molecule has 0 radical (unpaired) electrons. The highest BCUT2D eigenvalue weighted by molar-refractivity contribution is 4.79. The van der Waals surface area contributed by atoms with Gasteiger partial charge in [-0.3, -0.25) is 4.68 Å². The molecule has 1 rings (SSSR count). The van der Waals surface area contributed by atoms with E-state index >= 15 is 0 Å². The number of nitrogens with one attached hydrogen (secondary N) is 1. The summed E-state index contributed by atoms with van der Waals surface area (Å²) in [4.78, 5) is 0. The number of hydrogen-bond acceptors (Lipinski definition) is 4. The van der Waals surface area contributed by atoms with E-state index in [2.05, 4.69) is 10.4 Å². The fraction of sp³-hybridized carbons (Fsp3) is 0.727. The quantitative estimate of drug-likeness (QED) is 0.606. The average Bonchev–Trinajstić information content (AvgIpc) is 2.70. The van der Waals surface area contributed by atoms with Gasteiger partial charge < -0.3 is 15.5 Å². The summed E-state index contributed by atoms with van der Waals surface area (Å²) >= 11 is 0. The highest BCUT2D eigenvalue weighted by Crippen LogP contribution is 2.00. The van der Waals surface area contributed by atoms with Crippen molar-refractivity contribution < 1.29 is 10.2 Å². The zero-order valence-electron chi connectivity index (χ0n) is 9.87. The number of aromatic nitrogens is 2. The molecule has 5 heteroatoms. The minimum absolute atomic E-state index is 0.0345. The van der Waals surface area contributed by atoms with Gasteiger partial charge in [0.2, 0.25) is 0 Å². The number of nitrogens with zero attached hydrogens (tertiary/aromatic N) is 2. The maximum absolute atomic E-state index is 9.74. The predicted molar refractivity (Wildman–Crippen MR) is 61.9 cm³/mol. The first-order chi connectivity index (χ1) is 7.63. The van der Waals surface area contributed by atoms with Crippen LogP contribution in [0, 0.1) is 5.92 Å². The smallest absolute Gasteiger partial charge is 0.0860 e. The first-order valence-corrected chi connectivity index (χ1v) is 5.63. The van der Waals surface area contributed by atoms with Gasteiger partial charge in [-0.2, -0.15) is 5.10 Å². The second kappa shape index (κ2) is 6.62. The topological polar surface area (TPSA) is 70.3 Å². The fourth-order valence-electron chi connectivity index (χ4n) is 1.49. The van der Waals surface area contributed by atoms with E-state index in [0.717, 1.165) is 0 Å². The van der Waals surface area contributed by atoms with Crippen LogP contribution in [0.15, 0.2) is 18.5 Å². The van der Waals surface area contributed by atoms with Gasteiger partial charge in [-0.15, -0.1) is 0 Å². The summed E-state index contributed by atoms with van der Waals surface area (Å²) in [6.07, 6.45) is 3.01. The second-order valence-corrected chi connectivity index (χ2v) is 4.32. The molecule has 1 aromatic heterocycles. The third-order valence-corrected chi connectivity index (χ3v) is 2.57. The van der Waals surface area contributed by atoms with Crippen molar-refractivity contribution in [2.75, 3.05) is 13.2 Å². The first-order valence-electron chi connectivity index (χ1n) is 5.63. The highest BCUT2D eigenvalue weighted by Gasteiger charge is 2.13. The Morgan fingerprint density at radius 1 is 1.44 bits per heavy atom. The number of hydrogen-bond donors (Lipinski definition) is 3. The van der Waals surface area contributed by atoms with E-state index in [1.807, 2.05) is 26.1 Å². The van der Waals surface area contributed by atoms with Crippen LogP contribution in [0.25, 0.3) is 0 Å². The molecule has 0 aliphatic heterocycles. The van der Waals surface area contributed by atoms with Gasteiger partial charge in [0, 0.05) is 25.0 Å². The Balaban J connectivity index is 2.26. The lowest BCUT2D eigenvalue weighted by atomic mass is 10.1. The van der Waals surface area contributed by atoms with Crippen molar-refractivity contribution in [1.29, 1.82) is 0 Å². The Hall–Kier alpha value is -0.910. The molecule has 0 aliphatic carbocycles. The molecule has 2 atom stereocenters. The van der Waals surface area contributed by atoms with Crippen LogP contribution in [0.1, 0.15) is 13.8 Å². The molecule has 1 heterocycles. The summed E-state index contributed by atoms with van der Waals surface area (Å²) in [7, 11) is 0. The molecule has 92 valence electrons. The van der Waals surface area contributed by atoms with Crippen molar-refractivity contribution in [3.63, 3.8) is 0 Å². The molecule has 0 aromatic carbocycles. The Kier molecular flexibility index (Phi) is 5.45. The molecular formula is C11H21N3O2. The molecule has 0 fully saturated rings. The van der Waals surface area contributed by atoms with E-state index in [1.165, 1.54) is 0 Å². The largest absolute Gasteiger partial charge is 0.395 e. The number of rotatable bonds is 7. The van der Waals surface area contributed by atoms with Gasteiger partial charge in [0.05, 0.1) is 19.3 Å². The van der Waals surface area contributed by atoms with Crippen LogP contribution in [-0.2, 0) is 6.54 Å². The third-order valence-electron chi connectivity index (χ3n) is 2.57. The minimum atomic E-state index is -0.493. The average molecular weight is 227 g/mol. The Labute approximate surface area is 96.1 Å². The van der Waals surface area contributed by atoms with Gasteiger partial charge in [0.15, 0.2) is 0 Å². The lowest BCUT2D eigenvalue weighted by Gasteiger charge is -2.21. The zero-order valence-corrected chi connectivity index (χ0v) is 9.87. The summed E-state index contributed by atoms with van der Waals surface area (Å²) in [5.41, 5.74) is 0. The van der Waals surface area contributed by atoms with Crippen molar-refractivity contribution >= 4 is 0 Å². The van der Waals surface area contributed by atoms with E-state index < -0.39 is 6.10 Å². The van der Waals surface area contributed by atoms with Crippen LogP contribution in [0.4, 0.5) is 0 Å². The van der Waals surface area contributed by atoms with Gasteiger partial charge in [-0.1, -0.05) is 13.8 Å². The fourth-order valence-corrected chi connectivity index (χ4v) is 1.49. The zero-order chi connectivity index (χ0) is 12.0. The maximum Gasteiger partial charge on any atom is 0.0860 e. The molecule has 0 aliphatic rings. The van der Waals surface area contributed by atoms with Crippen LogP contribution in [0.3, 0.4) is 0 Å². The van der Waals surface area contributed by atoms with E-state index in [-0.39, 0.29) is 12.6 Å². The van der Waals surface area contributed by atoms with Gasteiger partial charge in [0.25, 0.3) is 0 Å². The van der Waals surface area contributed by atoms with Crippen LogP contribution in [0.2, 0.25) is 0 Å². The summed E-state index contributed by atoms with van der Waals surface area (Å²) in [6, 6.07) is 1.86. The monoisotopic (exact) mass is 227 g/mol. The maximum atomic E-state index is 9.74. The molecule has 1 unspecified atom stereocenters. The molecule has 3 N–H and O–H groups in total. The molecule has 0 spiro atoms. The van der Waals surface area contributed by atoms with Gasteiger partial charge in [0.1, 0.15) is 0 Å². The van der Waals surface area contributed by atoms with Crippen LogP contribution in [0.5, 0.6) is 0 Å².